The molecular weight excluding hydrogens is 436 g/mol. The summed E-state index contributed by atoms with van der Waals surface area (Å²) in [7, 11) is 0. The van der Waals surface area contributed by atoms with E-state index in [2.05, 4.69) is 0 Å². The monoisotopic (exact) mass is 476 g/mol. The number of carbonyl (C=O) groups is 1. The maximum atomic E-state index is 13.1. The quantitative estimate of drug-likeness (QED) is 0.435. The Morgan fingerprint density at radius 1 is 1.21 bits per heavy atom. The molecule has 0 bridgehead atoms. The van der Waals surface area contributed by atoms with Gasteiger partial charge >= 0.3 is 6.09 Å². The molecule has 1 N–H and O–H groups in total. The number of amides is 1. The van der Waals surface area contributed by atoms with Crippen molar-refractivity contribution in [1.82, 2.24) is 4.90 Å². The summed E-state index contributed by atoms with van der Waals surface area (Å²) >= 11 is 0. The van der Waals surface area contributed by atoms with E-state index in [0.717, 1.165) is 18.4 Å². The van der Waals surface area contributed by atoms with Gasteiger partial charge in [0.05, 0.1) is 25.3 Å². The fraction of sp³-hybridized carbons (Fsp3) is 0.731. The van der Waals surface area contributed by atoms with Crippen LogP contribution >= 0.6 is 0 Å². The highest BCUT2D eigenvalue weighted by atomic mass is 16.6. The summed E-state index contributed by atoms with van der Waals surface area (Å²) in [6, 6.07) is 6.95. The highest BCUT2D eigenvalue weighted by Gasteiger charge is 2.45. The van der Waals surface area contributed by atoms with Crippen molar-refractivity contribution < 1.29 is 24.3 Å². The van der Waals surface area contributed by atoms with Crippen molar-refractivity contribution in [3.63, 3.8) is 0 Å². The van der Waals surface area contributed by atoms with E-state index in [0.29, 0.717) is 5.92 Å². The molecule has 4 atom stereocenters. The van der Waals surface area contributed by atoms with Gasteiger partial charge in [-0.25, -0.2) is 4.79 Å². The Kier molecular flexibility index (Phi) is 9.31. The zero-order chi connectivity index (χ0) is 24.7. The molecule has 2 aliphatic rings. The summed E-state index contributed by atoms with van der Waals surface area (Å²) in [6.07, 6.45) is 6.17. The van der Waals surface area contributed by atoms with Crippen LogP contribution in [0.3, 0.4) is 0 Å². The standard InChI is InChI=1S/C26H40N2O6/c1-26(2,3)34-25(30)27-17-21(15-14-19-10-6-4-7-11-19)33-18-23(27)24(29)22(28(31)32)16-20-12-8-5-9-13-20/h5,8-9,12-13,19,21-24,29H,4,6-7,10-11,14-18H2,1-3H3/t21-,22-,23+,24?/m0/s1. The van der Waals surface area contributed by atoms with E-state index >= 15 is 0 Å². The Bertz CT molecular complexity index is 790. The van der Waals surface area contributed by atoms with Crippen molar-refractivity contribution in [3.05, 3.63) is 46.0 Å². The highest BCUT2D eigenvalue weighted by Crippen LogP contribution is 2.30. The third-order valence-corrected chi connectivity index (χ3v) is 6.90. The average Bonchev–Trinajstić information content (AvgIpc) is 2.80. The van der Waals surface area contributed by atoms with Crippen LogP contribution in [0.1, 0.15) is 71.3 Å². The van der Waals surface area contributed by atoms with Gasteiger partial charge < -0.3 is 14.6 Å². The van der Waals surface area contributed by atoms with Crippen molar-refractivity contribution in [2.45, 2.75) is 102 Å². The Labute approximate surface area is 202 Å². The van der Waals surface area contributed by atoms with Gasteiger partial charge in [-0.15, -0.1) is 0 Å². The molecule has 1 saturated heterocycles. The molecular formula is C26H40N2O6. The van der Waals surface area contributed by atoms with Gasteiger partial charge in [-0.05, 0) is 45.1 Å². The largest absolute Gasteiger partial charge is 0.444 e. The number of benzene rings is 1. The van der Waals surface area contributed by atoms with Crippen LogP contribution in [0.25, 0.3) is 0 Å². The first-order valence-electron chi connectivity index (χ1n) is 12.6. The Morgan fingerprint density at radius 2 is 1.88 bits per heavy atom. The van der Waals surface area contributed by atoms with E-state index in [9.17, 15) is 20.0 Å². The Morgan fingerprint density at radius 3 is 2.50 bits per heavy atom. The van der Waals surface area contributed by atoms with Crippen LogP contribution in [0, 0.1) is 16.0 Å². The lowest BCUT2D eigenvalue weighted by molar-refractivity contribution is -0.536. The van der Waals surface area contributed by atoms with Crippen LogP contribution in [0.15, 0.2) is 30.3 Å². The molecule has 1 amide bonds. The zero-order valence-corrected chi connectivity index (χ0v) is 20.7. The van der Waals surface area contributed by atoms with Crippen molar-refractivity contribution in [2.24, 2.45) is 5.92 Å². The van der Waals surface area contributed by atoms with E-state index < -0.39 is 34.8 Å². The molecule has 1 unspecified atom stereocenters. The van der Waals surface area contributed by atoms with Gasteiger partial charge in [0.15, 0.2) is 0 Å². The van der Waals surface area contributed by atoms with Crippen LogP contribution in [-0.4, -0.2) is 64.1 Å². The van der Waals surface area contributed by atoms with E-state index in [1.807, 2.05) is 18.2 Å². The Balaban J connectivity index is 1.72. The molecule has 1 aliphatic heterocycles. The Hall–Kier alpha value is -2.19. The second-order valence-corrected chi connectivity index (χ2v) is 10.8. The molecule has 190 valence electrons. The third kappa shape index (κ3) is 7.67. The molecule has 8 nitrogen and oxygen atoms in total. The molecule has 1 aromatic carbocycles. The van der Waals surface area contributed by atoms with E-state index in [4.69, 9.17) is 9.47 Å². The number of rotatable bonds is 8. The van der Waals surface area contributed by atoms with E-state index in [-0.39, 0.29) is 25.7 Å². The van der Waals surface area contributed by atoms with Gasteiger partial charge in [0, 0.05) is 11.3 Å². The summed E-state index contributed by atoms with van der Waals surface area (Å²) in [5.74, 6) is 0.695. The third-order valence-electron chi connectivity index (χ3n) is 6.90. The number of nitro groups is 1. The first kappa shape index (κ1) is 26.4. The van der Waals surface area contributed by atoms with Gasteiger partial charge in [0.25, 0.3) is 0 Å². The lowest BCUT2D eigenvalue weighted by Gasteiger charge is -2.42. The van der Waals surface area contributed by atoms with Gasteiger partial charge in [-0.2, -0.15) is 0 Å². The van der Waals surface area contributed by atoms with Gasteiger partial charge in [0.2, 0.25) is 6.04 Å². The van der Waals surface area contributed by atoms with Crippen LogP contribution in [0.2, 0.25) is 0 Å². The zero-order valence-electron chi connectivity index (χ0n) is 20.7. The lowest BCUT2D eigenvalue weighted by Crippen LogP contribution is -2.61. The number of hydrogen-bond acceptors (Lipinski definition) is 6. The van der Waals surface area contributed by atoms with Gasteiger partial charge in [-0.1, -0.05) is 62.4 Å². The number of aliphatic hydroxyl groups is 1. The van der Waals surface area contributed by atoms with Crippen LogP contribution in [0.4, 0.5) is 4.79 Å². The normalized spacial score (nSPS) is 23.8. The van der Waals surface area contributed by atoms with Crippen molar-refractivity contribution in [3.8, 4) is 0 Å². The summed E-state index contributed by atoms with van der Waals surface area (Å²) in [6.45, 7) is 5.67. The topological polar surface area (TPSA) is 102 Å². The molecule has 34 heavy (non-hydrogen) atoms. The second kappa shape index (κ2) is 12.0. The maximum Gasteiger partial charge on any atom is 0.410 e. The molecule has 1 aromatic rings. The molecule has 0 aromatic heterocycles. The molecule has 2 fully saturated rings. The van der Waals surface area contributed by atoms with E-state index in [1.54, 1.807) is 32.9 Å². The highest BCUT2D eigenvalue weighted by molar-refractivity contribution is 5.69. The van der Waals surface area contributed by atoms with Crippen LogP contribution in [-0.2, 0) is 15.9 Å². The fourth-order valence-electron chi connectivity index (χ4n) is 5.05. The minimum Gasteiger partial charge on any atom is -0.444 e. The molecule has 1 heterocycles. The van der Waals surface area contributed by atoms with Crippen LogP contribution < -0.4 is 0 Å². The number of ether oxygens (including phenoxy) is 2. The van der Waals surface area contributed by atoms with Crippen molar-refractivity contribution in [2.75, 3.05) is 13.2 Å². The number of carbonyl (C=O) groups excluding carboxylic acids is 1. The predicted octanol–water partition coefficient (Wildman–Crippen LogP) is 4.60. The number of nitrogens with zero attached hydrogens (tertiary/aromatic N) is 2. The van der Waals surface area contributed by atoms with E-state index in [1.165, 1.54) is 37.0 Å². The van der Waals surface area contributed by atoms with Gasteiger partial charge in [0.1, 0.15) is 11.7 Å². The minimum atomic E-state index is -1.39. The van der Waals surface area contributed by atoms with Crippen molar-refractivity contribution in [1.29, 1.82) is 0 Å². The smallest absolute Gasteiger partial charge is 0.410 e. The van der Waals surface area contributed by atoms with Crippen LogP contribution in [0.5, 0.6) is 0 Å². The molecule has 3 rings (SSSR count). The lowest BCUT2D eigenvalue weighted by atomic mass is 9.85. The molecule has 0 spiro atoms. The first-order valence-corrected chi connectivity index (χ1v) is 12.6. The summed E-state index contributed by atoms with van der Waals surface area (Å²) < 4.78 is 11.7. The SMILES string of the molecule is CC(C)(C)OC(=O)N1C[C@H](CCC2CCCCC2)OC[C@@H]1C(O)[C@H](Cc1ccccc1)[N+](=O)[O-]. The predicted molar refractivity (Wildman–Crippen MR) is 129 cm³/mol. The second-order valence-electron chi connectivity index (χ2n) is 10.8. The minimum absolute atomic E-state index is 0.0505. The number of aliphatic hydroxyl groups excluding tert-OH is 1. The fourth-order valence-corrected chi connectivity index (χ4v) is 5.05. The van der Waals surface area contributed by atoms with Gasteiger partial charge in [-0.3, -0.25) is 15.0 Å². The van der Waals surface area contributed by atoms with Crippen molar-refractivity contribution >= 4 is 6.09 Å². The molecule has 0 radical (unpaired) electrons. The molecule has 1 aliphatic carbocycles. The maximum absolute atomic E-state index is 13.1. The average molecular weight is 477 g/mol. The summed E-state index contributed by atoms with van der Waals surface area (Å²) in [4.78, 5) is 26.0. The number of morpholine rings is 1. The summed E-state index contributed by atoms with van der Waals surface area (Å²) in [5.41, 5.74) is 0.0452. The summed E-state index contributed by atoms with van der Waals surface area (Å²) in [5, 5.41) is 23.0. The molecule has 1 saturated carbocycles. The molecule has 8 heteroatoms. The number of hydrogen-bond donors (Lipinski definition) is 1. The first-order chi connectivity index (χ1) is 16.1.